The Hall–Kier alpha value is -2.28. The van der Waals surface area contributed by atoms with E-state index in [1.807, 2.05) is 18.2 Å². The Labute approximate surface area is 138 Å². The van der Waals surface area contributed by atoms with Crippen LogP contribution >= 0.6 is 11.8 Å². The number of rotatable bonds is 2. The number of methoxy groups -OCH3 is 1. The molecule has 0 radical (unpaired) electrons. The van der Waals surface area contributed by atoms with Crippen LogP contribution in [0.4, 0.5) is 0 Å². The van der Waals surface area contributed by atoms with Gasteiger partial charge < -0.3 is 9.64 Å². The number of ether oxygens (including phenoxy) is 1. The van der Waals surface area contributed by atoms with Crippen LogP contribution in [-0.4, -0.2) is 46.0 Å². The first-order valence-electron chi connectivity index (χ1n) is 7.22. The Balaban J connectivity index is 1.91. The molecule has 120 valence electrons. The predicted octanol–water partition coefficient (Wildman–Crippen LogP) is 1.95. The number of carbonyl (C=O) groups is 2. The Morgan fingerprint density at radius 2 is 2.09 bits per heavy atom. The number of hydrogen-bond donors (Lipinski definition) is 0. The van der Waals surface area contributed by atoms with Crippen LogP contribution in [-0.2, 0) is 18.3 Å². The van der Waals surface area contributed by atoms with E-state index >= 15 is 0 Å². The van der Waals surface area contributed by atoms with Crippen LogP contribution in [0.2, 0.25) is 0 Å². The highest BCUT2D eigenvalue weighted by Crippen LogP contribution is 2.28. The van der Waals surface area contributed by atoms with Gasteiger partial charge in [0.25, 0.3) is 5.91 Å². The van der Waals surface area contributed by atoms with E-state index in [1.165, 1.54) is 22.9 Å². The van der Waals surface area contributed by atoms with Crippen molar-refractivity contribution in [2.24, 2.45) is 7.05 Å². The number of esters is 1. The Kier molecular flexibility index (Phi) is 4.38. The number of nitrogens with zero attached hydrogens (tertiary/aromatic N) is 3. The molecule has 0 aliphatic carbocycles. The highest BCUT2D eigenvalue weighted by atomic mass is 32.2. The highest BCUT2D eigenvalue weighted by molar-refractivity contribution is 7.99. The number of hydrogen-bond acceptors (Lipinski definition) is 5. The van der Waals surface area contributed by atoms with E-state index in [4.69, 9.17) is 4.74 Å². The van der Waals surface area contributed by atoms with Crippen LogP contribution in [0.5, 0.6) is 0 Å². The molecule has 0 spiro atoms. The SMILES string of the molecule is COC(=O)c1cn(C)nc1C(=O)N1CCSc2ccccc2C1. The molecular formula is C16H17N3O3S. The largest absolute Gasteiger partial charge is 0.465 e. The predicted molar refractivity (Wildman–Crippen MR) is 86.5 cm³/mol. The normalized spacial score (nSPS) is 14.1. The average Bonchev–Trinajstić information content (AvgIpc) is 2.82. The lowest BCUT2D eigenvalue weighted by Crippen LogP contribution is -2.33. The quantitative estimate of drug-likeness (QED) is 0.787. The molecule has 2 aromatic rings. The van der Waals surface area contributed by atoms with Crippen LogP contribution in [0.25, 0.3) is 0 Å². The van der Waals surface area contributed by atoms with Crippen molar-refractivity contribution in [3.63, 3.8) is 0 Å². The molecule has 3 rings (SSSR count). The van der Waals surface area contributed by atoms with E-state index in [-0.39, 0.29) is 17.2 Å². The molecule has 2 heterocycles. The van der Waals surface area contributed by atoms with Crippen molar-refractivity contribution in [1.82, 2.24) is 14.7 Å². The second kappa shape index (κ2) is 6.45. The van der Waals surface area contributed by atoms with Crippen molar-refractivity contribution in [3.05, 3.63) is 47.3 Å². The van der Waals surface area contributed by atoms with Gasteiger partial charge >= 0.3 is 5.97 Å². The van der Waals surface area contributed by atoms with Gasteiger partial charge in [-0.3, -0.25) is 9.48 Å². The van der Waals surface area contributed by atoms with Gasteiger partial charge in [0.1, 0.15) is 5.56 Å². The maximum absolute atomic E-state index is 12.8. The first kappa shape index (κ1) is 15.6. The van der Waals surface area contributed by atoms with E-state index in [9.17, 15) is 9.59 Å². The van der Waals surface area contributed by atoms with Gasteiger partial charge in [-0.25, -0.2) is 4.79 Å². The van der Waals surface area contributed by atoms with Crippen molar-refractivity contribution in [2.75, 3.05) is 19.4 Å². The summed E-state index contributed by atoms with van der Waals surface area (Å²) in [5.74, 6) is 0.0118. The molecule has 0 bridgehead atoms. The lowest BCUT2D eigenvalue weighted by Gasteiger charge is -2.19. The summed E-state index contributed by atoms with van der Waals surface area (Å²) < 4.78 is 6.20. The fourth-order valence-electron chi connectivity index (χ4n) is 2.55. The highest BCUT2D eigenvalue weighted by Gasteiger charge is 2.27. The van der Waals surface area contributed by atoms with Crippen molar-refractivity contribution in [1.29, 1.82) is 0 Å². The molecule has 1 amide bonds. The molecule has 1 aromatic carbocycles. The van der Waals surface area contributed by atoms with Gasteiger partial charge in [0.05, 0.1) is 7.11 Å². The number of benzene rings is 1. The minimum atomic E-state index is -0.550. The molecular weight excluding hydrogens is 314 g/mol. The van der Waals surface area contributed by atoms with Gasteiger partial charge in [-0.1, -0.05) is 18.2 Å². The first-order chi connectivity index (χ1) is 11.1. The third-order valence-corrected chi connectivity index (χ3v) is 4.77. The van der Waals surface area contributed by atoms with Gasteiger partial charge in [0.2, 0.25) is 0 Å². The monoisotopic (exact) mass is 331 g/mol. The maximum atomic E-state index is 12.8. The van der Waals surface area contributed by atoms with Crippen LogP contribution < -0.4 is 0 Å². The molecule has 0 N–H and O–H groups in total. The van der Waals surface area contributed by atoms with E-state index in [1.54, 1.807) is 23.7 Å². The van der Waals surface area contributed by atoms with Crippen molar-refractivity contribution >= 4 is 23.6 Å². The van der Waals surface area contributed by atoms with Crippen molar-refractivity contribution < 1.29 is 14.3 Å². The third-order valence-electron chi connectivity index (χ3n) is 3.68. The van der Waals surface area contributed by atoms with Crippen molar-refractivity contribution in [3.8, 4) is 0 Å². The van der Waals surface area contributed by atoms with Gasteiger partial charge in [-0.05, 0) is 11.6 Å². The number of aromatic nitrogens is 2. The average molecular weight is 331 g/mol. The van der Waals surface area contributed by atoms with Crippen LogP contribution in [0, 0.1) is 0 Å². The summed E-state index contributed by atoms with van der Waals surface area (Å²) in [6.07, 6.45) is 1.51. The van der Waals surface area contributed by atoms with Crippen LogP contribution in [0.1, 0.15) is 26.4 Å². The first-order valence-corrected chi connectivity index (χ1v) is 8.20. The maximum Gasteiger partial charge on any atom is 0.341 e. The molecule has 0 unspecified atom stereocenters. The summed E-state index contributed by atoms with van der Waals surface area (Å²) in [6.45, 7) is 1.12. The number of aryl methyl sites for hydroxylation is 1. The number of fused-ring (bicyclic) bond motifs is 1. The molecule has 6 nitrogen and oxygen atoms in total. The fourth-order valence-corrected chi connectivity index (χ4v) is 3.58. The summed E-state index contributed by atoms with van der Waals surface area (Å²) >= 11 is 1.73. The zero-order valence-electron chi connectivity index (χ0n) is 13.0. The molecule has 0 atom stereocenters. The van der Waals surface area contributed by atoms with E-state index < -0.39 is 5.97 Å². The smallest absolute Gasteiger partial charge is 0.341 e. The summed E-state index contributed by atoms with van der Waals surface area (Å²) in [5.41, 5.74) is 1.45. The van der Waals surface area contributed by atoms with Crippen molar-refractivity contribution in [2.45, 2.75) is 11.4 Å². The number of amides is 1. The summed E-state index contributed by atoms with van der Waals surface area (Å²) in [5, 5.41) is 4.16. The van der Waals surface area contributed by atoms with E-state index in [0.29, 0.717) is 13.1 Å². The standard InChI is InChI=1S/C16H17N3O3S/c1-18-10-12(16(21)22-2)14(17-18)15(20)19-7-8-23-13-6-4-3-5-11(13)9-19/h3-6,10H,7-9H2,1-2H3. The molecule has 0 saturated heterocycles. The summed E-state index contributed by atoms with van der Waals surface area (Å²) in [6, 6.07) is 8.05. The van der Waals surface area contributed by atoms with E-state index in [2.05, 4.69) is 11.2 Å². The van der Waals surface area contributed by atoms with E-state index in [0.717, 1.165) is 11.3 Å². The minimum absolute atomic E-state index is 0.142. The van der Waals surface area contributed by atoms with Gasteiger partial charge in [-0.2, -0.15) is 5.10 Å². The topological polar surface area (TPSA) is 64.4 Å². The zero-order chi connectivity index (χ0) is 16.4. The molecule has 1 aliphatic rings. The molecule has 7 heteroatoms. The van der Waals surface area contributed by atoms with Crippen LogP contribution in [0.3, 0.4) is 0 Å². The molecule has 1 aromatic heterocycles. The summed E-state index contributed by atoms with van der Waals surface area (Å²) in [4.78, 5) is 27.6. The third kappa shape index (κ3) is 3.10. The summed E-state index contributed by atoms with van der Waals surface area (Å²) in [7, 11) is 2.97. The molecule has 0 fully saturated rings. The van der Waals surface area contributed by atoms with Gasteiger partial charge in [0.15, 0.2) is 5.69 Å². The molecule has 1 aliphatic heterocycles. The Bertz CT molecular complexity index is 757. The number of thioether (sulfide) groups is 1. The molecule has 23 heavy (non-hydrogen) atoms. The second-order valence-electron chi connectivity index (χ2n) is 5.24. The Morgan fingerprint density at radius 3 is 2.87 bits per heavy atom. The fraction of sp³-hybridized carbons (Fsp3) is 0.312. The number of carbonyl (C=O) groups excluding carboxylic acids is 2. The van der Waals surface area contributed by atoms with Crippen LogP contribution in [0.15, 0.2) is 35.4 Å². The lowest BCUT2D eigenvalue weighted by atomic mass is 10.2. The minimum Gasteiger partial charge on any atom is -0.465 e. The molecule has 0 saturated carbocycles. The Morgan fingerprint density at radius 1 is 1.30 bits per heavy atom. The zero-order valence-corrected chi connectivity index (χ0v) is 13.8. The van der Waals surface area contributed by atoms with Gasteiger partial charge in [-0.15, -0.1) is 11.8 Å². The van der Waals surface area contributed by atoms with Gasteiger partial charge in [0, 0.05) is 37.0 Å². The lowest BCUT2D eigenvalue weighted by molar-refractivity contribution is 0.0589. The second-order valence-corrected chi connectivity index (χ2v) is 6.38.